The van der Waals surface area contributed by atoms with Crippen LogP contribution in [0.5, 0.6) is 0 Å². The van der Waals surface area contributed by atoms with Crippen LogP contribution in [0.15, 0.2) is 30.3 Å². The lowest BCUT2D eigenvalue weighted by atomic mass is 10.2. The molecule has 0 aromatic heterocycles. The second-order valence-electron chi connectivity index (χ2n) is 4.32. The molecule has 0 fully saturated rings. The third-order valence-electron chi connectivity index (χ3n) is 2.21. The number of carbonyl (C=O) groups is 1. The summed E-state index contributed by atoms with van der Waals surface area (Å²) in [5.41, 5.74) is 1.06. The summed E-state index contributed by atoms with van der Waals surface area (Å²) in [6.07, 6.45) is -0.482. The minimum Gasteiger partial charge on any atom is -0.445 e. The van der Waals surface area contributed by atoms with Gasteiger partial charge < -0.3 is 15.0 Å². The zero-order valence-electron chi connectivity index (χ0n) is 10.6. The molecule has 1 aromatic carbocycles. The van der Waals surface area contributed by atoms with Gasteiger partial charge in [-0.1, -0.05) is 30.3 Å². The molecule has 0 radical (unpaired) electrons. The van der Waals surface area contributed by atoms with Gasteiger partial charge in [-0.2, -0.15) is 0 Å². The molecule has 0 saturated heterocycles. The smallest absolute Gasteiger partial charge is 0.407 e. The quantitative estimate of drug-likeness (QED) is 0.848. The Morgan fingerprint density at radius 2 is 2.00 bits per heavy atom. The van der Waals surface area contributed by atoms with Crippen molar-refractivity contribution in [2.45, 2.75) is 19.6 Å². The minimum atomic E-state index is -0.372. The molecule has 4 nitrogen and oxygen atoms in total. The van der Waals surface area contributed by atoms with Crippen molar-refractivity contribution in [3.63, 3.8) is 0 Å². The number of benzene rings is 1. The summed E-state index contributed by atoms with van der Waals surface area (Å²) < 4.78 is 5.19. The first-order valence-corrected chi connectivity index (χ1v) is 5.71. The fourth-order valence-corrected chi connectivity index (χ4v) is 1.55. The summed E-state index contributed by atoms with van der Waals surface area (Å²) in [4.78, 5) is 13.4. The normalized spacial score (nSPS) is 12.2. The number of alkyl carbamates (subject to hydrolysis) is 1. The largest absolute Gasteiger partial charge is 0.445 e. The molecule has 1 N–H and O–H groups in total. The molecule has 0 aliphatic heterocycles. The van der Waals surface area contributed by atoms with E-state index in [0.717, 1.165) is 12.1 Å². The molecule has 1 aromatic rings. The van der Waals surface area contributed by atoms with Crippen LogP contribution in [0.2, 0.25) is 0 Å². The van der Waals surface area contributed by atoms with Gasteiger partial charge in [0.05, 0.1) is 0 Å². The predicted octanol–water partition coefficient (Wildman–Crippen LogP) is 1.86. The number of hydrogen-bond donors (Lipinski definition) is 1. The van der Waals surface area contributed by atoms with E-state index in [-0.39, 0.29) is 12.2 Å². The van der Waals surface area contributed by atoms with E-state index in [4.69, 9.17) is 4.74 Å². The van der Waals surface area contributed by atoms with Gasteiger partial charge in [0.2, 0.25) is 0 Å². The van der Waals surface area contributed by atoms with Crippen molar-refractivity contribution >= 4 is 6.09 Å². The maximum atomic E-state index is 11.5. The number of hydrogen-bond acceptors (Lipinski definition) is 3. The highest BCUT2D eigenvalue weighted by Gasteiger charge is 2.09. The Labute approximate surface area is 103 Å². The Kier molecular flexibility index (Phi) is 5.49. The number of nitrogens with one attached hydrogen (secondary N) is 1. The Balaban J connectivity index is 2.26. The lowest BCUT2D eigenvalue weighted by Crippen LogP contribution is -2.32. The molecule has 1 unspecified atom stereocenters. The maximum absolute atomic E-state index is 11.5. The highest BCUT2D eigenvalue weighted by atomic mass is 16.6. The van der Waals surface area contributed by atoms with Crippen LogP contribution in [0, 0.1) is 0 Å². The van der Waals surface area contributed by atoms with Gasteiger partial charge in [-0.25, -0.2) is 4.79 Å². The Morgan fingerprint density at radius 1 is 1.35 bits per heavy atom. The van der Waals surface area contributed by atoms with Crippen molar-refractivity contribution in [1.29, 1.82) is 0 Å². The van der Waals surface area contributed by atoms with Crippen LogP contribution in [0.3, 0.4) is 0 Å². The van der Waals surface area contributed by atoms with Crippen LogP contribution in [0.4, 0.5) is 4.79 Å². The van der Waals surface area contributed by atoms with Crippen molar-refractivity contribution in [2.75, 3.05) is 20.6 Å². The Morgan fingerprint density at radius 3 is 2.59 bits per heavy atom. The van der Waals surface area contributed by atoms with Crippen molar-refractivity contribution in [1.82, 2.24) is 10.2 Å². The highest BCUT2D eigenvalue weighted by molar-refractivity contribution is 5.67. The van der Waals surface area contributed by atoms with Crippen LogP contribution >= 0.6 is 0 Å². The average Bonchev–Trinajstić information content (AvgIpc) is 2.26. The first-order valence-electron chi connectivity index (χ1n) is 5.71. The third-order valence-corrected chi connectivity index (χ3v) is 2.21. The topological polar surface area (TPSA) is 41.6 Å². The van der Waals surface area contributed by atoms with E-state index in [1.54, 1.807) is 0 Å². The maximum Gasteiger partial charge on any atom is 0.407 e. The van der Waals surface area contributed by atoms with E-state index in [0.29, 0.717) is 6.54 Å². The van der Waals surface area contributed by atoms with Crippen molar-refractivity contribution in [3.8, 4) is 0 Å². The number of amides is 1. The molecular weight excluding hydrogens is 216 g/mol. The van der Waals surface area contributed by atoms with Gasteiger partial charge in [0.1, 0.15) is 6.10 Å². The summed E-state index contributed by atoms with van der Waals surface area (Å²) in [7, 11) is 3.89. The van der Waals surface area contributed by atoms with Gasteiger partial charge in [-0.3, -0.25) is 0 Å². The number of rotatable bonds is 5. The van der Waals surface area contributed by atoms with Crippen LogP contribution in [-0.4, -0.2) is 37.7 Å². The van der Waals surface area contributed by atoms with Gasteiger partial charge >= 0.3 is 6.09 Å². The predicted molar refractivity (Wildman–Crippen MR) is 67.8 cm³/mol. The SMILES string of the molecule is CC(CN(C)C)OC(=O)NCc1ccccc1. The Bertz CT molecular complexity index is 339. The van der Waals surface area contributed by atoms with Crippen molar-refractivity contribution < 1.29 is 9.53 Å². The van der Waals surface area contributed by atoms with Crippen LogP contribution in [0.1, 0.15) is 12.5 Å². The van der Waals surface area contributed by atoms with Gasteiger partial charge in [-0.05, 0) is 26.6 Å². The molecule has 1 rings (SSSR count). The number of likely N-dealkylation sites (N-methyl/N-ethyl adjacent to an activating group) is 1. The molecule has 0 bridgehead atoms. The van der Waals surface area contributed by atoms with Crippen molar-refractivity contribution in [3.05, 3.63) is 35.9 Å². The van der Waals surface area contributed by atoms with Crippen LogP contribution < -0.4 is 5.32 Å². The first-order chi connectivity index (χ1) is 8.08. The average molecular weight is 236 g/mol. The summed E-state index contributed by atoms with van der Waals surface area (Å²) in [6.45, 7) is 3.09. The third kappa shape index (κ3) is 5.92. The standard InChI is InChI=1S/C13H20N2O2/c1-11(10-15(2)3)17-13(16)14-9-12-7-5-4-6-8-12/h4-8,11H,9-10H2,1-3H3,(H,14,16). The molecule has 1 atom stereocenters. The highest BCUT2D eigenvalue weighted by Crippen LogP contribution is 1.98. The number of carbonyl (C=O) groups excluding carboxylic acids is 1. The van der Waals surface area contributed by atoms with Gasteiger partial charge in [0, 0.05) is 13.1 Å². The molecule has 0 aliphatic carbocycles. The molecule has 0 spiro atoms. The van der Waals surface area contributed by atoms with E-state index < -0.39 is 0 Å². The molecule has 17 heavy (non-hydrogen) atoms. The second-order valence-corrected chi connectivity index (χ2v) is 4.32. The molecular formula is C13H20N2O2. The van der Waals surface area contributed by atoms with E-state index in [2.05, 4.69) is 5.32 Å². The Hall–Kier alpha value is -1.55. The minimum absolute atomic E-state index is 0.110. The molecule has 94 valence electrons. The van der Waals surface area contributed by atoms with Crippen LogP contribution in [-0.2, 0) is 11.3 Å². The zero-order chi connectivity index (χ0) is 12.7. The van der Waals surface area contributed by atoms with Crippen LogP contribution in [0.25, 0.3) is 0 Å². The summed E-state index contributed by atoms with van der Waals surface area (Å²) >= 11 is 0. The fourth-order valence-electron chi connectivity index (χ4n) is 1.55. The van der Waals surface area contributed by atoms with Gasteiger partial charge in [-0.15, -0.1) is 0 Å². The monoisotopic (exact) mass is 236 g/mol. The van der Waals surface area contributed by atoms with E-state index >= 15 is 0 Å². The number of nitrogens with zero attached hydrogens (tertiary/aromatic N) is 1. The van der Waals surface area contributed by atoms with E-state index in [1.807, 2.05) is 56.3 Å². The molecule has 0 heterocycles. The lowest BCUT2D eigenvalue weighted by molar-refractivity contribution is 0.0905. The molecule has 0 saturated carbocycles. The summed E-state index contributed by atoms with van der Waals surface area (Å²) in [5, 5.41) is 2.72. The molecule has 1 amide bonds. The first kappa shape index (κ1) is 13.5. The molecule has 4 heteroatoms. The second kappa shape index (κ2) is 6.91. The number of ether oxygens (including phenoxy) is 1. The fraction of sp³-hybridized carbons (Fsp3) is 0.462. The van der Waals surface area contributed by atoms with E-state index in [9.17, 15) is 4.79 Å². The summed E-state index contributed by atoms with van der Waals surface area (Å²) in [5.74, 6) is 0. The zero-order valence-corrected chi connectivity index (χ0v) is 10.6. The van der Waals surface area contributed by atoms with Crippen molar-refractivity contribution in [2.24, 2.45) is 0 Å². The molecule has 0 aliphatic rings. The summed E-state index contributed by atoms with van der Waals surface area (Å²) in [6, 6.07) is 9.75. The van der Waals surface area contributed by atoms with Gasteiger partial charge in [0.15, 0.2) is 0 Å². The van der Waals surface area contributed by atoms with E-state index in [1.165, 1.54) is 0 Å². The van der Waals surface area contributed by atoms with Gasteiger partial charge in [0.25, 0.3) is 0 Å². The lowest BCUT2D eigenvalue weighted by Gasteiger charge is -2.17.